The summed E-state index contributed by atoms with van der Waals surface area (Å²) in [6, 6.07) is 3.89. The van der Waals surface area contributed by atoms with Crippen LogP contribution in [-0.4, -0.2) is 37.5 Å². The third kappa shape index (κ3) is 3.00. The number of likely N-dealkylation sites (tertiary alicyclic amines) is 1. The van der Waals surface area contributed by atoms with Crippen LogP contribution in [0.4, 0.5) is 8.78 Å². The van der Waals surface area contributed by atoms with Crippen molar-refractivity contribution in [1.82, 2.24) is 10.2 Å². The Morgan fingerprint density at radius 3 is 2.77 bits per heavy atom. The van der Waals surface area contributed by atoms with E-state index in [9.17, 15) is 13.6 Å². The minimum atomic E-state index is -0.535. The summed E-state index contributed by atoms with van der Waals surface area (Å²) in [6.07, 6.45) is 2.69. The molecule has 3 unspecified atom stereocenters. The zero-order chi connectivity index (χ0) is 15.7. The average molecular weight is 308 g/mol. The molecule has 2 fully saturated rings. The molecule has 0 spiro atoms. The van der Waals surface area contributed by atoms with Crippen LogP contribution < -0.4 is 5.32 Å². The molecule has 1 amide bonds. The van der Waals surface area contributed by atoms with Crippen LogP contribution >= 0.6 is 0 Å². The van der Waals surface area contributed by atoms with E-state index in [0.717, 1.165) is 32.5 Å². The highest BCUT2D eigenvalue weighted by Gasteiger charge is 2.48. The Balaban J connectivity index is 1.65. The van der Waals surface area contributed by atoms with Crippen molar-refractivity contribution < 1.29 is 13.6 Å². The van der Waals surface area contributed by atoms with Crippen LogP contribution in [0.2, 0.25) is 0 Å². The Bertz CT molecular complexity index is 541. The first kappa shape index (κ1) is 15.4. The molecule has 1 aliphatic carbocycles. The molecule has 0 bridgehead atoms. The summed E-state index contributed by atoms with van der Waals surface area (Å²) in [4.78, 5) is 14.5. The molecule has 120 valence electrons. The van der Waals surface area contributed by atoms with Gasteiger partial charge in [0.25, 0.3) is 0 Å². The van der Waals surface area contributed by atoms with Gasteiger partial charge in [0.05, 0.1) is 0 Å². The molecule has 3 rings (SSSR count). The molecule has 1 heterocycles. The Morgan fingerprint density at radius 2 is 2.09 bits per heavy atom. The third-order valence-corrected chi connectivity index (χ3v) is 4.80. The highest BCUT2D eigenvalue weighted by molar-refractivity contribution is 5.83. The van der Waals surface area contributed by atoms with Gasteiger partial charge in [-0.3, -0.25) is 4.79 Å². The fourth-order valence-corrected chi connectivity index (χ4v) is 3.61. The lowest BCUT2D eigenvalue weighted by molar-refractivity contribution is -0.134. The number of benzene rings is 1. The molecular weight excluding hydrogens is 286 g/mol. The summed E-state index contributed by atoms with van der Waals surface area (Å²) < 4.78 is 27.6. The maximum absolute atomic E-state index is 13.8. The van der Waals surface area contributed by atoms with Crippen LogP contribution in [0, 0.1) is 23.5 Å². The minimum absolute atomic E-state index is 0.0634. The lowest BCUT2D eigenvalue weighted by Gasteiger charge is -2.33. The summed E-state index contributed by atoms with van der Waals surface area (Å²) in [5.41, 5.74) is 0.0876. The van der Waals surface area contributed by atoms with Crippen molar-refractivity contribution in [3.05, 3.63) is 35.4 Å². The second-order valence-corrected chi connectivity index (χ2v) is 6.43. The summed E-state index contributed by atoms with van der Waals surface area (Å²) in [7, 11) is 1.92. The van der Waals surface area contributed by atoms with Crippen molar-refractivity contribution in [2.45, 2.75) is 25.2 Å². The highest BCUT2D eigenvalue weighted by atomic mass is 19.1. The van der Waals surface area contributed by atoms with Crippen LogP contribution in [0.15, 0.2) is 18.2 Å². The number of piperidine rings is 1. The van der Waals surface area contributed by atoms with Gasteiger partial charge in [0.1, 0.15) is 11.6 Å². The van der Waals surface area contributed by atoms with Crippen LogP contribution in [0.25, 0.3) is 0 Å². The maximum Gasteiger partial charge on any atom is 0.226 e. The molecule has 1 N–H and O–H groups in total. The van der Waals surface area contributed by atoms with Crippen molar-refractivity contribution in [3.63, 3.8) is 0 Å². The second-order valence-electron chi connectivity index (χ2n) is 6.43. The number of hydrogen-bond donors (Lipinski definition) is 1. The highest BCUT2D eigenvalue weighted by Crippen LogP contribution is 2.50. The van der Waals surface area contributed by atoms with Crippen molar-refractivity contribution in [2.24, 2.45) is 11.8 Å². The molecule has 1 aromatic carbocycles. The van der Waals surface area contributed by atoms with Crippen molar-refractivity contribution >= 4 is 5.91 Å². The zero-order valence-corrected chi connectivity index (χ0v) is 12.8. The Hall–Kier alpha value is -1.49. The quantitative estimate of drug-likeness (QED) is 0.927. The number of carbonyl (C=O) groups is 1. The normalized spacial score (nSPS) is 27.8. The Labute approximate surface area is 129 Å². The Kier molecular flexibility index (Phi) is 4.43. The van der Waals surface area contributed by atoms with E-state index in [4.69, 9.17) is 0 Å². The second kappa shape index (κ2) is 6.32. The molecule has 5 heteroatoms. The topological polar surface area (TPSA) is 32.3 Å². The number of rotatable bonds is 4. The molecule has 1 aromatic rings. The first-order valence-corrected chi connectivity index (χ1v) is 7.99. The minimum Gasteiger partial charge on any atom is -0.342 e. The smallest absolute Gasteiger partial charge is 0.226 e. The van der Waals surface area contributed by atoms with Crippen LogP contribution in [0.1, 0.15) is 30.7 Å². The molecule has 0 radical (unpaired) electrons. The van der Waals surface area contributed by atoms with Gasteiger partial charge in [-0.05, 0) is 50.9 Å². The first-order valence-electron chi connectivity index (χ1n) is 7.99. The average Bonchev–Trinajstić information content (AvgIpc) is 3.27. The molecule has 2 aliphatic rings. The van der Waals surface area contributed by atoms with Crippen LogP contribution in [0.5, 0.6) is 0 Å². The molecule has 3 nitrogen and oxygen atoms in total. The third-order valence-electron chi connectivity index (χ3n) is 4.80. The first-order chi connectivity index (χ1) is 10.6. The molecule has 3 atom stereocenters. The molecule has 1 aliphatic heterocycles. The van der Waals surface area contributed by atoms with Crippen molar-refractivity contribution in [3.8, 4) is 0 Å². The van der Waals surface area contributed by atoms with Gasteiger partial charge in [-0.2, -0.15) is 0 Å². The predicted molar refractivity (Wildman–Crippen MR) is 80.4 cm³/mol. The monoisotopic (exact) mass is 308 g/mol. The van der Waals surface area contributed by atoms with Crippen molar-refractivity contribution in [2.75, 3.05) is 26.7 Å². The van der Waals surface area contributed by atoms with Crippen LogP contribution in [0.3, 0.4) is 0 Å². The van der Waals surface area contributed by atoms with E-state index in [1.165, 1.54) is 18.2 Å². The lowest BCUT2D eigenvalue weighted by Crippen LogP contribution is -2.43. The van der Waals surface area contributed by atoms with Gasteiger partial charge in [0.2, 0.25) is 5.91 Å². The van der Waals surface area contributed by atoms with Crippen LogP contribution in [-0.2, 0) is 4.79 Å². The van der Waals surface area contributed by atoms with Crippen molar-refractivity contribution in [1.29, 1.82) is 0 Å². The summed E-state index contributed by atoms with van der Waals surface area (Å²) >= 11 is 0. The molecule has 0 aromatic heterocycles. The fraction of sp³-hybridized carbons (Fsp3) is 0.588. The lowest BCUT2D eigenvalue weighted by atomic mass is 9.97. The standard InChI is InChI=1S/C17H22F2N2O/c1-20-9-11-4-3-7-21(10-11)17(22)13-8-12(13)16-14(18)5-2-6-15(16)19/h2,5-6,11-13,20H,3-4,7-10H2,1H3. The number of amides is 1. The molecule has 1 saturated heterocycles. The summed E-state index contributed by atoms with van der Waals surface area (Å²) in [5, 5.41) is 3.15. The van der Waals surface area contributed by atoms with Gasteiger partial charge in [-0.1, -0.05) is 6.07 Å². The molecular formula is C17H22F2N2O. The van der Waals surface area contributed by atoms with Gasteiger partial charge in [-0.15, -0.1) is 0 Å². The Morgan fingerprint density at radius 1 is 1.36 bits per heavy atom. The van der Waals surface area contributed by atoms with Gasteiger partial charge in [0, 0.05) is 30.5 Å². The fourth-order valence-electron chi connectivity index (χ4n) is 3.61. The number of nitrogens with one attached hydrogen (secondary N) is 1. The maximum atomic E-state index is 13.8. The van der Waals surface area contributed by atoms with E-state index in [-0.39, 0.29) is 23.3 Å². The SMILES string of the molecule is CNCC1CCCN(C(=O)C2CC2c2c(F)cccc2F)C1. The molecule has 1 saturated carbocycles. The van der Waals surface area contributed by atoms with E-state index in [1.807, 2.05) is 11.9 Å². The number of carbonyl (C=O) groups excluding carboxylic acids is 1. The van der Waals surface area contributed by atoms with E-state index in [2.05, 4.69) is 5.32 Å². The predicted octanol–water partition coefficient (Wildman–Crippen LogP) is 2.53. The molecule has 22 heavy (non-hydrogen) atoms. The number of nitrogens with zero attached hydrogens (tertiary/aromatic N) is 1. The largest absolute Gasteiger partial charge is 0.342 e. The number of hydrogen-bond acceptors (Lipinski definition) is 2. The zero-order valence-electron chi connectivity index (χ0n) is 12.8. The van der Waals surface area contributed by atoms with Gasteiger partial charge < -0.3 is 10.2 Å². The van der Waals surface area contributed by atoms with E-state index >= 15 is 0 Å². The van der Waals surface area contributed by atoms with Gasteiger partial charge >= 0.3 is 0 Å². The van der Waals surface area contributed by atoms with E-state index in [0.29, 0.717) is 12.3 Å². The van der Waals surface area contributed by atoms with E-state index in [1.54, 1.807) is 0 Å². The van der Waals surface area contributed by atoms with Gasteiger partial charge in [0.15, 0.2) is 0 Å². The van der Waals surface area contributed by atoms with Gasteiger partial charge in [-0.25, -0.2) is 8.78 Å². The number of halogens is 2. The summed E-state index contributed by atoms with van der Waals surface area (Å²) in [5.74, 6) is -1.07. The summed E-state index contributed by atoms with van der Waals surface area (Å²) in [6.45, 7) is 2.42. The van der Waals surface area contributed by atoms with E-state index < -0.39 is 11.6 Å².